The maximum Gasteiger partial charge on any atom is 0.158 e. The molecule has 1 aromatic heterocycles. The molecule has 0 aliphatic rings. The molecule has 1 aromatic rings. The van der Waals surface area contributed by atoms with E-state index in [9.17, 15) is 8.42 Å². The first-order chi connectivity index (χ1) is 8.39. The molecule has 0 amide bonds. The van der Waals surface area contributed by atoms with Gasteiger partial charge in [0, 0.05) is 18.8 Å². The third kappa shape index (κ3) is 3.67. The van der Waals surface area contributed by atoms with E-state index in [2.05, 4.69) is 9.97 Å². The number of aromatic nitrogens is 2. The minimum Gasteiger partial charge on any atom is -0.355 e. The number of nitriles is 1. The molecule has 6 nitrogen and oxygen atoms in total. The van der Waals surface area contributed by atoms with E-state index in [1.54, 1.807) is 18.9 Å². The van der Waals surface area contributed by atoms with E-state index >= 15 is 0 Å². The van der Waals surface area contributed by atoms with Crippen molar-refractivity contribution < 1.29 is 8.42 Å². The van der Waals surface area contributed by atoms with Crippen molar-refractivity contribution in [1.82, 2.24) is 9.97 Å². The summed E-state index contributed by atoms with van der Waals surface area (Å²) in [7, 11) is -1.27. The highest BCUT2D eigenvalue weighted by Gasteiger charge is 2.18. The standard InChI is InChI=1S/C11H16N4O2S/c1-4-18(16,17)8-9(2)15(3)11-7-13-10(5-12)6-14-11/h6-7,9H,4,8H2,1-3H3/t9-/m0/s1. The number of hydrogen-bond donors (Lipinski definition) is 0. The Labute approximate surface area is 107 Å². The molecule has 0 bridgehead atoms. The van der Waals surface area contributed by atoms with Crippen LogP contribution in [0.5, 0.6) is 0 Å². The van der Waals surface area contributed by atoms with Crippen molar-refractivity contribution in [2.75, 3.05) is 23.5 Å². The summed E-state index contributed by atoms with van der Waals surface area (Å²) >= 11 is 0. The van der Waals surface area contributed by atoms with Crippen molar-refractivity contribution in [3.8, 4) is 6.07 Å². The summed E-state index contributed by atoms with van der Waals surface area (Å²) in [4.78, 5) is 9.71. The molecule has 1 atom stereocenters. The fourth-order valence-corrected chi connectivity index (χ4v) is 2.58. The second kappa shape index (κ2) is 5.78. The fourth-order valence-electron chi connectivity index (χ4n) is 1.38. The van der Waals surface area contributed by atoms with Crippen LogP contribution in [0.4, 0.5) is 5.82 Å². The molecule has 0 radical (unpaired) electrons. The molecule has 0 aliphatic carbocycles. The summed E-state index contributed by atoms with van der Waals surface area (Å²) in [5.74, 6) is 0.749. The zero-order valence-corrected chi connectivity index (χ0v) is 11.5. The first kappa shape index (κ1) is 14.4. The second-order valence-electron chi connectivity index (χ2n) is 4.03. The number of hydrogen-bond acceptors (Lipinski definition) is 6. The fraction of sp³-hybridized carbons (Fsp3) is 0.545. The van der Waals surface area contributed by atoms with Gasteiger partial charge in [-0.2, -0.15) is 5.26 Å². The molecule has 98 valence electrons. The summed E-state index contributed by atoms with van der Waals surface area (Å²) < 4.78 is 23.1. The van der Waals surface area contributed by atoms with Crippen molar-refractivity contribution in [2.24, 2.45) is 0 Å². The number of nitrogens with zero attached hydrogens (tertiary/aromatic N) is 4. The number of anilines is 1. The molecule has 1 heterocycles. The van der Waals surface area contributed by atoms with E-state index < -0.39 is 9.84 Å². The number of rotatable bonds is 5. The molecular formula is C11H16N4O2S. The van der Waals surface area contributed by atoms with Gasteiger partial charge in [-0.05, 0) is 6.92 Å². The second-order valence-corrected chi connectivity index (χ2v) is 6.43. The van der Waals surface area contributed by atoms with Crippen LogP contribution >= 0.6 is 0 Å². The van der Waals surface area contributed by atoms with Crippen LogP contribution < -0.4 is 4.90 Å². The number of sulfone groups is 1. The van der Waals surface area contributed by atoms with E-state index in [-0.39, 0.29) is 23.2 Å². The van der Waals surface area contributed by atoms with Gasteiger partial charge in [0.25, 0.3) is 0 Å². The molecule has 0 fully saturated rings. The van der Waals surface area contributed by atoms with Crippen LogP contribution in [0.15, 0.2) is 12.4 Å². The lowest BCUT2D eigenvalue weighted by Crippen LogP contribution is -2.36. The minimum atomic E-state index is -3.03. The van der Waals surface area contributed by atoms with E-state index in [0.29, 0.717) is 5.82 Å². The van der Waals surface area contributed by atoms with E-state index in [1.807, 2.05) is 13.0 Å². The minimum absolute atomic E-state index is 0.0711. The predicted octanol–water partition coefficient (Wildman–Crippen LogP) is 0.608. The first-order valence-corrected chi connectivity index (χ1v) is 7.37. The zero-order valence-electron chi connectivity index (χ0n) is 10.7. The highest BCUT2D eigenvalue weighted by atomic mass is 32.2. The lowest BCUT2D eigenvalue weighted by atomic mass is 10.3. The first-order valence-electron chi connectivity index (χ1n) is 5.55. The molecular weight excluding hydrogens is 252 g/mol. The van der Waals surface area contributed by atoms with Gasteiger partial charge >= 0.3 is 0 Å². The third-order valence-electron chi connectivity index (χ3n) is 2.71. The van der Waals surface area contributed by atoms with Crippen LogP contribution in [-0.4, -0.2) is 43.0 Å². The monoisotopic (exact) mass is 268 g/mol. The van der Waals surface area contributed by atoms with Crippen LogP contribution in [-0.2, 0) is 9.84 Å². The van der Waals surface area contributed by atoms with Gasteiger partial charge < -0.3 is 4.90 Å². The molecule has 0 saturated carbocycles. The maximum absolute atomic E-state index is 11.5. The van der Waals surface area contributed by atoms with Crippen molar-refractivity contribution in [3.63, 3.8) is 0 Å². The Morgan fingerprint density at radius 1 is 1.44 bits per heavy atom. The van der Waals surface area contributed by atoms with Gasteiger partial charge in [0.15, 0.2) is 15.5 Å². The average Bonchev–Trinajstić information content (AvgIpc) is 2.37. The summed E-state index contributed by atoms with van der Waals surface area (Å²) in [5, 5.41) is 8.62. The molecule has 0 N–H and O–H groups in total. The van der Waals surface area contributed by atoms with Crippen molar-refractivity contribution in [2.45, 2.75) is 19.9 Å². The van der Waals surface area contributed by atoms with E-state index in [1.165, 1.54) is 12.4 Å². The van der Waals surface area contributed by atoms with E-state index in [4.69, 9.17) is 5.26 Å². The van der Waals surface area contributed by atoms with Crippen LogP contribution in [0.2, 0.25) is 0 Å². The summed E-state index contributed by atoms with van der Waals surface area (Å²) in [6, 6.07) is 1.68. The highest BCUT2D eigenvalue weighted by molar-refractivity contribution is 7.91. The lowest BCUT2D eigenvalue weighted by molar-refractivity contribution is 0.588. The van der Waals surface area contributed by atoms with Gasteiger partial charge in [0.1, 0.15) is 11.9 Å². The molecule has 0 unspecified atom stereocenters. The van der Waals surface area contributed by atoms with Crippen LogP contribution in [0.3, 0.4) is 0 Å². The quantitative estimate of drug-likeness (QED) is 0.777. The summed E-state index contributed by atoms with van der Waals surface area (Å²) in [5.41, 5.74) is 0.237. The lowest BCUT2D eigenvalue weighted by Gasteiger charge is -2.25. The van der Waals surface area contributed by atoms with Gasteiger partial charge in [-0.15, -0.1) is 0 Å². The predicted molar refractivity (Wildman–Crippen MR) is 68.9 cm³/mol. The topological polar surface area (TPSA) is 87.0 Å². The average molecular weight is 268 g/mol. The van der Waals surface area contributed by atoms with Gasteiger partial charge in [-0.1, -0.05) is 6.92 Å². The largest absolute Gasteiger partial charge is 0.355 e. The molecule has 1 rings (SSSR count). The third-order valence-corrected chi connectivity index (χ3v) is 4.58. The SMILES string of the molecule is CCS(=O)(=O)C[C@H](C)N(C)c1cnc(C#N)cn1. The Hall–Kier alpha value is -1.68. The zero-order chi connectivity index (χ0) is 13.8. The van der Waals surface area contributed by atoms with Crippen LogP contribution in [0, 0.1) is 11.3 Å². The van der Waals surface area contributed by atoms with Gasteiger partial charge in [-0.3, -0.25) is 0 Å². The van der Waals surface area contributed by atoms with Crippen molar-refractivity contribution in [1.29, 1.82) is 5.26 Å². The Morgan fingerprint density at radius 2 is 2.11 bits per heavy atom. The van der Waals surface area contributed by atoms with Crippen LogP contribution in [0.1, 0.15) is 19.5 Å². The van der Waals surface area contributed by atoms with Gasteiger partial charge in [0.2, 0.25) is 0 Å². The Morgan fingerprint density at radius 3 is 2.56 bits per heavy atom. The Bertz CT molecular complexity index is 533. The smallest absolute Gasteiger partial charge is 0.158 e. The molecule has 0 aromatic carbocycles. The highest BCUT2D eigenvalue weighted by Crippen LogP contribution is 2.11. The van der Waals surface area contributed by atoms with Crippen molar-refractivity contribution in [3.05, 3.63) is 18.1 Å². The summed E-state index contributed by atoms with van der Waals surface area (Å²) in [6.07, 6.45) is 2.83. The Balaban J connectivity index is 2.80. The molecule has 7 heteroatoms. The van der Waals surface area contributed by atoms with Crippen molar-refractivity contribution >= 4 is 15.7 Å². The van der Waals surface area contributed by atoms with Crippen LogP contribution in [0.25, 0.3) is 0 Å². The molecule has 0 aliphatic heterocycles. The molecule has 0 spiro atoms. The van der Waals surface area contributed by atoms with Gasteiger partial charge in [-0.25, -0.2) is 18.4 Å². The maximum atomic E-state index is 11.5. The Kier molecular flexibility index (Phi) is 4.62. The van der Waals surface area contributed by atoms with E-state index in [0.717, 1.165) is 0 Å². The normalized spacial score (nSPS) is 12.8. The molecule has 0 saturated heterocycles. The summed E-state index contributed by atoms with van der Waals surface area (Å²) in [6.45, 7) is 3.44. The molecule has 18 heavy (non-hydrogen) atoms. The van der Waals surface area contributed by atoms with Gasteiger partial charge in [0.05, 0.1) is 18.1 Å².